The van der Waals surface area contributed by atoms with E-state index in [1.54, 1.807) is 0 Å². The first-order valence-electron chi connectivity index (χ1n) is 9.19. The smallest absolute Gasteiger partial charge is 0.293 e. The van der Waals surface area contributed by atoms with Crippen molar-refractivity contribution in [2.45, 2.75) is 26.2 Å². The van der Waals surface area contributed by atoms with Gasteiger partial charge in [0.1, 0.15) is 5.41 Å². The standard InChI is InChI=1S/C24H23O3P/c1-17-14-18(2)22(19(3)15-17)23(25)24(16-27-28-26,20-10-6-4-7-11-20)21-12-8-5-9-13-21/h4-15H,16H2,1-3H3. The molecule has 0 aromatic heterocycles. The molecule has 0 unspecified atom stereocenters. The highest BCUT2D eigenvalue weighted by Crippen LogP contribution is 2.38. The SMILES string of the molecule is Cc1cc(C)c(C(=O)C(COP=O)(c2ccccc2)c2ccccc2)c(C)c1. The van der Waals surface area contributed by atoms with Gasteiger partial charge in [-0.1, -0.05) is 78.4 Å². The third kappa shape index (κ3) is 3.69. The van der Waals surface area contributed by atoms with Gasteiger partial charge in [-0.2, -0.15) is 0 Å². The Kier molecular flexibility index (Phi) is 6.18. The molecule has 4 heteroatoms. The third-order valence-electron chi connectivity index (χ3n) is 5.16. The van der Waals surface area contributed by atoms with Gasteiger partial charge in [0.2, 0.25) is 0 Å². The predicted molar refractivity (Wildman–Crippen MR) is 112 cm³/mol. The van der Waals surface area contributed by atoms with Gasteiger partial charge < -0.3 is 0 Å². The maximum absolute atomic E-state index is 14.1. The molecular weight excluding hydrogens is 367 g/mol. The molecule has 0 aliphatic heterocycles. The molecule has 0 atom stereocenters. The Morgan fingerprint density at radius 3 is 1.75 bits per heavy atom. The molecule has 0 heterocycles. The Labute approximate surface area is 167 Å². The maximum atomic E-state index is 14.1. The molecule has 3 aromatic rings. The number of carbonyl (C=O) groups excluding carboxylic acids is 1. The van der Waals surface area contributed by atoms with Crippen LogP contribution in [0, 0.1) is 20.8 Å². The Bertz CT molecular complexity index is 919. The molecular formula is C24H23O3P. The summed E-state index contributed by atoms with van der Waals surface area (Å²) in [6.45, 7) is 5.92. The number of carbonyl (C=O) groups is 1. The molecule has 3 nitrogen and oxygen atoms in total. The fourth-order valence-corrected chi connectivity index (χ4v) is 4.23. The minimum Gasteiger partial charge on any atom is -0.293 e. The lowest BCUT2D eigenvalue weighted by molar-refractivity contribution is 0.0868. The van der Waals surface area contributed by atoms with Crippen LogP contribution in [-0.2, 0) is 14.5 Å². The summed E-state index contributed by atoms with van der Waals surface area (Å²) in [5.74, 6) is -0.0523. The van der Waals surface area contributed by atoms with Gasteiger partial charge in [0.15, 0.2) is 5.78 Å². The fraction of sp³-hybridized carbons (Fsp3) is 0.208. The van der Waals surface area contributed by atoms with Crippen molar-refractivity contribution in [1.29, 1.82) is 0 Å². The van der Waals surface area contributed by atoms with E-state index in [-0.39, 0.29) is 12.4 Å². The molecule has 0 spiro atoms. The molecule has 0 aliphatic carbocycles. The largest absolute Gasteiger partial charge is 0.327 e. The van der Waals surface area contributed by atoms with E-state index in [2.05, 4.69) is 0 Å². The van der Waals surface area contributed by atoms with Gasteiger partial charge in [0.25, 0.3) is 0 Å². The summed E-state index contributed by atoms with van der Waals surface area (Å²) in [4.78, 5) is 14.1. The average molecular weight is 390 g/mol. The second-order valence-electron chi connectivity index (χ2n) is 7.09. The van der Waals surface area contributed by atoms with E-state index in [4.69, 9.17) is 4.52 Å². The summed E-state index contributed by atoms with van der Waals surface area (Å²) in [5, 5.41) is 0. The number of Topliss-reactive ketones (excluding diaryl/α,β-unsaturated/α-hetero) is 1. The first-order chi connectivity index (χ1) is 13.5. The van der Waals surface area contributed by atoms with E-state index in [0.29, 0.717) is 5.56 Å². The maximum Gasteiger partial charge on any atom is 0.327 e. The number of benzene rings is 3. The number of ketones is 1. The van der Waals surface area contributed by atoms with E-state index in [1.165, 1.54) is 0 Å². The molecule has 3 rings (SSSR count). The summed E-state index contributed by atoms with van der Waals surface area (Å²) < 4.78 is 16.6. The second kappa shape index (κ2) is 8.60. The van der Waals surface area contributed by atoms with Gasteiger partial charge in [-0.15, -0.1) is 0 Å². The van der Waals surface area contributed by atoms with Crippen LogP contribution in [-0.4, -0.2) is 12.4 Å². The third-order valence-corrected chi connectivity index (χ3v) is 5.39. The van der Waals surface area contributed by atoms with Crippen molar-refractivity contribution in [1.82, 2.24) is 0 Å². The number of aryl methyl sites for hydroxylation is 3. The van der Waals surface area contributed by atoms with Crippen LogP contribution in [0.1, 0.15) is 38.2 Å². The molecule has 0 N–H and O–H groups in total. The van der Waals surface area contributed by atoms with Crippen LogP contribution < -0.4 is 0 Å². The van der Waals surface area contributed by atoms with E-state index >= 15 is 0 Å². The monoisotopic (exact) mass is 390 g/mol. The first-order valence-corrected chi connectivity index (χ1v) is 9.92. The van der Waals surface area contributed by atoms with E-state index < -0.39 is 14.1 Å². The highest BCUT2D eigenvalue weighted by atomic mass is 31.1. The fourth-order valence-electron chi connectivity index (χ4n) is 3.98. The molecule has 0 radical (unpaired) electrons. The quantitative estimate of drug-likeness (QED) is 0.367. The van der Waals surface area contributed by atoms with Crippen LogP contribution in [0.2, 0.25) is 0 Å². The van der Waals surface area contributed by atoms with Gasteiger partial charge >= 0.3 is 8.69 Å². The second-order valence-corrected chi connectivity index (χ2v) is 7.50. The number of hydrogen-bond acceptors (Lipinski definition) is 3. The summed E-state index contributed by atoms with van der Waals surface area (Å²) in [5.41, 5.74) is 4.20. The summed E-state index contributed by atoms with van der Waals surface area (Å²) in [7, 11) is -0.450. The average Bonchev–Trinajstić information content (AvgIpc) is 2.69. The van der Waals surface area contributed by atoms with Crippen LogP contribution in [0.5, 0.6) is 0 Å². The van der Waals surface area contributed by atoms with Crippen molar-refractivity contribution in [2.75, 3.05) is 6.61 Å². The van der Waals surface area contributed by atoms with E-state index in [0.717, 1.165) is 27.8 Å². The van der Waals surface area contributed by atoms with Crippen LogP contribution in [0.25, 0.3) is 0 Å². The summed E-state index contributed by atoms with van der Waals surface area (Å²) in [6.07, 6.45) is 0. The molecule has 28 heavy (non-hydrogen) atoms. The minimum atomic E-state index is -1.09. The number of rotatable bonds is 7. The Morgan fingerprint density at radius 2 is 1.32 bits per heavy atom. The van der Waals surface area contributed by atoms with Crippen LogP contribution >= 0.6 is 8.69 Å². The molecule has 0 aliphatic rings. The molecule has 142 valence electrons. The zero-order chi connectivity index (χ0) is 20.1. The van der Waals surface area contributed by atoms with Gasteiger partial charge in [-0.3, -0.25) is 9.32 Å². The van der Waals surface area contributed by atoms with Crippen molar-refractivity contribution in [2.24, 2.45) is 0 Å². The Morgan fingerprint density at radius 1 is 0.857 bits per heavy atom. The molecule has 0 saturated heterocycles. The highest BCUT2D eigenvalue weighted by molar-refractivity contribution is 7.17. The Balaban J connectivity index is 2.32. The predicted octanol–water partition coefficient (Wildman–Crippen LogP) is 6.00. The lowest BCUT2D eigenvalue weighted by atomic mass is 9.69. The number of hydrogen-bond donors (Lipinski definition) is 0. The summed E-state index contributed by atoms with van der Waals surface area (Å²) in [6, 6.07) is 23.2. The van der Waals surface area contributed by atoms with Crippen molar-refractivity contribution >= 4 is 14.5 Å². The molecule has 0 saturated carbocycles. The van der Waals surface area contributed by atoms with Gasteiger partial charge in [-0.05, 0) is 43.0 Å². The van der Waals surface area contributed by atoms with Crippen molar-refractivity contribution < 1.29 is 13.9 Å². The highest BCUT2D eigenvalue weighted by Gasteiger charge is 2.44. The minimum absolute atomic E-state index is 0.0162. The van der Waals surface area contributed by atoms with Gasteiger partial charge in [0, 0.05) is 5.56 Å². The van der Waals surface area contributed by atoms with Gasteiger partial charge in [-0.25, -0.2) is 4.57 Å². The van der Waals surface area contributed by atoms with Crippen molar-refractivity contribution in [3.05, 3.63) is 106 Å². The van der Waals surface area contributed by atoms with Crippen LogP contribution in [0.4, 0.5) is 0 Å². The van der Waals surface area contributed by atoms with Crippen molar-refractivity contribution in [3.63, 3.8) is 0 Å². The van der Waals surface area contributed by atoms with E-state index in [1.807, 2.05) is 93.6 Å². The van der Waals surface area contributed by atoms with Gasteiger partial charge in [0.05, 0.1) is 6.61 Å². The molecule has 0 bridgehead atoms. The normalized spacial score (nSPS) is 11.5. The summed E-state index contributed by atoms with van der Waals surface area (Å²) >= 11 is 0. The Hall–Kier alpha value is -2.61. The van der Waals surface area contributed by atoms with Crippen molar-refractivity contribution in [3.8, 4) is 0 Å². The zero-order valence-electron chi connectivity index (χ0n) is 16.3. The molecule has 0 fully saturated rings. The zero-order valence-corrected chi connectivity index (χ0v) is 17.2. The topological polar surface area (TPSA) is 43.4 Å². The van der Waals surface area contributed by atoms with Crippen LogP contribution in [0.3, 0.4) is 0 Å². The molecule has 3 aromatic carbocycles. The van der Waals surface area contributed by atoms with E-state index in [9.17, 15) is 9.36 Å². The lowest BCUT2D eigenvalue weighted by Crippen LogP contribution is -2.42. The molecule has 0 amide bonds. The lowest BCUT2D eigenvalue weighted by Gasteiger charge is -2.33. The first kappa shape index (κ1) is 20.1. The van der Waals surface area contributed by atoms with Crippen LogP contribution in [0.15, 0.2) is 72.8 Å².